The molecule has 0 atom stereocenters. The summed E-state index contributed by atoms with van der Waals surface area (Å²) in [5.41, 5.74) is 0.764. The lowest BCUT2D eigenvalue weighted by Crippen LogP contribution is -2.41. The summed E-state index contributed by atoms with van der Waals surface area (Å²) in [6.07, 6.45) is 2.59. The molecule has 10 heteroatoms. The molecule has 1 aliphatic rings. The number of nitrogens with one attached hydrogen (secondary N) is 1. The van der Waals surface area contributed by atoms with Gasteiger partial charge < -0.3 is 19.7 Å². The molecule has 0 saturated carbocycles. The van der Waals surface area contributed by atoms with E-state index in [4.69, 9.17) is 4.74 Å². The predicted molar refractivity (Wildman–Crippen MR) is 100 cm³/mol. The van der Waals surface area contributed by atoms with E-state index in [1.807, 2.05) is 0 Å². The number of anilines is 1. The second kappa shape index (κ2) is 8.89. The molecule has 3 rings (SSSR count). The molecular weight excluding hydrogens is 386 g/mol. The Morgan fingerprint density at radius 3 is 2.66 bits per heavy atom. The summed E-state index contributed by atoms with van der Waals surface area (Å²) in [6.45, 7) is -2.09. The Labute approximate surface area is 166 Å². The minimum Gasteiger partial charge on any atom is -0.479 e. The monoisotopic (exact) mass is 408 g/mol. The summed E-state index contributed by atoms with van der Waals surface area (Å²) in [7, 11) is 3.16. The Kier molecular flexibility index (Phi) is 6.30. The van der Waals surface area contributed by atoms with Gasteiger partial charge in [0.25, 0.3) is 5.91 Å². The first kappa shape index (κ1) is 20.6. The highest BCUT2D eigenvalue weighted by molar-refractivity contribution is 5.97. The molecular formula is C19H22F2N4O4. The van der Waals surface area contributed by atoms with E-state index in [0.29, 0.717) is 37.2 Å². The molecule has 156 valence electrons. The summed E-state index contributed by atoms with van der Waals surface area (Å²) in [4.78, 5) is 26.9. The maximum Gasteiger partial charge on any atom is 0.387 e. The molecule has 2 aromatic rings. The van der Waals surface area contributed by atoms with Crippen LogP contribution in [0.5, 0.6) is 11.6 Å². The highest BCUT2D eigenvalue weighted by Crippen LogP contribution is 2.25. The number of carbonyl (C=O) groups is 2. The molecule has 2 amide bonds. The summed E-state index contributed by atoms with van der Waals surface area (Å²) in [6, 6.07) is 5.86. The third-order valence-corrected chi connectivity index (χ3v) is 4.70. The van der Waals surface area contributed by atoms with Crippen molar-refractivity contribution >= 4 is 17.5 Å². The topological polar surface area (TPSA) is 85.7 Å². The van der Waals surface area contributed by atoms with E-state index >= 15 is 0 Å². The van der Waals surface area contributed by atoms with E-state index in [-0.39, 0.29) is 29.4 Å². The summed E-state index contributed by atoms with van der Waals surface area (Å²) < 4.78 is 35.6. The second-order valence-corrected chi connectivity index (χ2v) is 6.69. The zero-order valence-electron chi connectivity index (χ0n) is 16.1. The third kappa shape index (κ3) is 5.01. The fourth-order valence-electron chi connectivity index (χ4n) is 3.27. The number of nitrogens with zero attached hydrogens (tertiary/aromatic N) is 3. The van der Waals surface area contributed by atoms with Crippen molar-refractivity contribution in [1.82, 2.24) is 14.7 Å². The van der Waals surface area contributed by atoms with E-state index in [2.05, 4.69) is 15.2 Å². The average Bonchev–Trinajstić information content (AvgIpc) is 3.08. The second-order valence-electron chi connectivity index (χ2n) is 6.69. The fraction of sp³-hybridized carbons (Fsp3) is 0.421. The van der Waals surface area contributed by atoms with E-state index in [1.165, 1.54) is 30.0 Å². The molecule has 8 nitrogen and oxygen atoms in total. The highest BCUT2D eigenvalue weighted by atomic mass is 19.3. The highest BCUT2D eigenvalue weighted by Gasteiger charge is 2.30. The fourth-order valence-corrected chi connectivity index (χ4v) is 3.27. The number of methoxy groups -OCH3 is 1. The van der Waals surface area contributed by atoms with Crippen molar-refractivity contribution < 1.29 is 27.8 Å². The number of rotatable bonds is 6. The Balaban J connectivity index is 1.56. The van der Waals surface area contributed by atoms with E-state index in [1.54, 1.807) is 24.2 Å². The Morgan fingerprint density at radius 2 is 2.00 bits per heavy atom. The van der Waals surface area contributed by atoms with Gasteiger partial charge in [-0.3, -0.25) is 14.3 Å². The van der Waals surface area contributed by atoms with Crippen LogP contribution in [0.3, 0.4) is 0 Å². The number of amides is 2. The largest absolute Gasteiger partial charge is 0.479 e. The molecule has 2 heterocycles. The summed E-state index contributed by atoms with van der Waals surface area (Å²) in [5, 5.41) is 6.81. The van der Waals surface area contributed by atoms with Gasteiger partial charge in [0.2, 0.25) is 11.8 Å². The van der Waals surface area contributed by atoms with Crippen LogP contribution in [0.25, 0.3) is 0 Å². The number of likely N-dealkylation sites (tertiary alicyclic amines) is 1. The third-order valence-electron chi connectivity index (χ3n) is 4.70. The van der Waals surface area contributed by atoms with Gasteiger partial charge in [0, 0.05) is 44.0 Å². The van der Waals surface area contributed by atoms with Crippen molar-refractivity contribution in [2.24, 2.45) is 13.0 Å². The van der Waals surface area contributed by atoms with Crippen LogP contribution >= 0.6 is 0 Å². The van der Waals surface area contributed by atoms with Gasteiger partial charge >= 0.3 is 6.61 Å². The van der Waals surface area contributed by atoms with Gasteiger partial charge in [0.05, 0.1) is 7.11 Å². The van der Waals surface area contributed by atoms with Crippen LogP contribution in [0.4, 0.5) is 14.5 Å². The molecule has 1 aromatic carbocycles. The maximum atomic E-state index is 12.7. The number of alkyl halides is 2. The molecule has 1 aliphatic heterocycles. The molecule has 0 unspecified atom stereocenters. The molecule has 1 aromatic heterocycles. The van der Waals surface area contributed by atoms with Crippen LogP contribution in [0.15, 0.2) is 30.5 Å². The van der Waals surface area contributed by atoms with Crippen LogP contribution in [0, 0.1) is 5.92 Å². The zero-order valence-corrected chi connectivity index (χ0v) is 16.1. The number of benzene rings is 1. The number of ether oxygens (including phenoxy) is 2. The maximum absolute atomic E-state index is 12.7. The quantitative estimate of drug-likeness (QED) is 0.794. The number of aromatic nitrogens is 2. The van der Waals surface area contributed by atoms with Crippen molar-refractivity contribution in [3.05, 3.63) is 36.0 Å². The van der Waals surface area contributed by atoms with Gasteiger partial charge in [0.1, 0.15) is 11.3 Å². The molecule has 29 heavy (non-hydrogen) atoms. The van der Waals surface area contributed by atoms with Crippen LogP contribution in [-0.2, 0) is 11.8 Å². The minimum absolute atomic E-state index is 0.0244. The van der Waals surface area contributed by atoms with E-state index in [9.17, 15) is 18.4 Å². The van der Waals surface area contributed by atoms with Crippen LogP contribution in [0.2, 0.25) is 0 Å². The molecule has 0 radical (unpaired) electrons. The lowest BCUT2D eigenvalue weighted by atomic mass is 9.95. The van der Waals surface area contributed by atoms with Crippen molar-refractivity contribution in [3.8, 4) is 11.6 Å². The van der Waals surface area contributed by atoms with Gasteiger partial charge in [-0.1, -0.05) is 6.07 Å². The number of hydrogen-bond donors (Lipinski definition) is 1. The minimum atomic E-state index is -2.93. The number of carbonyl (C=O) groups excluding carboxylic acids is 2. The van der Waals surface area contributed by atoms with Gasteiger partial charge in [0.15, 0.2) is 0 Å². The Bertz CT molecular complexity index is 879. The zero-order chi connectivity index (χ0) is 21.0. The lowest BCUT2D eigenvalue weighted by Gasteiger charge is -2.31. The van der Waals surface area contributed by atoms with Crippen LogP contribution in [0.1, 0.15) is 23.2 Å². The molecule has 0 spiro atoms. The lowest BCUT2D eigenvalue weighted by molar-refractivity contribution is -0.121. The van der Waals surface area contributed by atoms with E-state index in [0.717, 1.165) is 0 Å². The molecule has 1 N–H and O–H groups in total. The van der Waals surface area contributed by atoms with Crippen molar-refractivity contribution in [1.29, 1.82) is 0 Å². The SMILES string of the molecule is COc1nn(C)cc1C(=O)N1CCC(C(=O)Nc2cccc(OC(F)F)c2)CC1. The summed E-state index contributed by atoms with van der Waals surface area (Å²) in [5.74, 6) is -0.447. The first-order valence-electron chi connectivity index (χ1n) is 9.10. The van der Waals surface area contributed by atoms with Gasteiger partial charge in [-0.05, 0) is 25.0 Å². The van der Waals surface area contributed by atoms with Crippen molar-refractivity contribution in [2.75, 3.05) is 25.5 Å². The molecule has 1 fully saturated rings. The van der Waals surface area contributed by atoms with Gasteiger partial charge in [-0.25, -0.2) is 0 Å². The average molecular weight is 408 g/mol. The van der Waals surface area contributed by atoms with Crippen molar-refractivity contribution in [3.63, 3.8) is 0 Å². The standard InChI is InChI=1S/C19H22F2N4O4/c1-24-11-15(17(23-24)28-2)18(27)25-8-6-12(7-9-25)16(26)22-13-4-3-5-14(10-13)29-19(20)21/h3-5,10-12,19H,6-9H2,1-2H3,(H,22,26). The van der Waals surface area contributed by atoms with E-state index < -0.39 is 6.61 Å². The molecule has 1 saturated heterocycles. The van der Waals surface area contributed by atoms with Gasteiger partial charge in [-0.15, -0.1) is 5.10 Å². The van der Waals surface area contributed by atoms with Crippen LogP contribution in [-0.4, -0.2) is 53.3 Å². The predicted octanol–water partition coefficient (Wildman–Crippen LogP) is 2.52. The van der Waals surface area contributed by atoms with Crippen molar-refractivity contribution in [2.45, 2.75) is 19.5 Å². The smallest absolute Gasteiger partial charge is 0.387 e. The molecule has 0 aliphatic carbocycles. The number of aryl methyl sites for hydroxylation is 1. The number of halogens is 2. The first-order chi connectivity index (χ1) is 13.9. The normalized spacial score (nSPS) is 14.7. The van der Waals surface area contributed by atoms with Gasteiger partial charge in [-0.2, -0.15) is 8.78 Å². The number of hydrogen-bond acceptors (Lipinski definition) is 5. The Hall–Kier alpha value is -3.17. The van der Waals surface area contributed by atoms with Crippen LogP contribution < -0.4 is 14.8 Å². The number of piperidine rings is 1. The Morgan fingerprint density at radius 1 is 1.28 bits per heavy atom. The molecule has 0 bridgehead atoms. The summed E-state index contributed by atoms with van der Waals surface area (Å²) >= 11 is 0. The first-order valence-corrected chi connectivity index (χ1v) is 9.10.